The summed E-state index contributed by atoms with van der Waals surface area (Å²) in [7, 11) is 0. The van der Waals surface area contributed by atoms with E-state index in [1.54, 1.807) is 11.1 Å². The van der Waals surface area contributed by atoms with E-state index in [-0.39, 0.29) is 23.9 Å². The van der Waals surface area contributed by atoms with Gasteiger partial charge in [-0.05, 0) is 32.8 Å². The Balaban J connectivity index is 1.90. The molecule has 1 N–H and O–H groups in total. The van der Waals surface area contributed by atoms with Crippen molar-refractivity contribution in [3.8, 4) is 0 Å². The first-order valence-corrected chi connectivity index (χ1v) is 9.38. The molecule has 0 radical (unpaired) electrons. The fraction of sp³-hybridized carbons (Fsp3) is 0.476. The molecule has 3 rings (SSSR count). The Hall–Kier alpha value is -2.63. The Morgan fingerprint density at radius 2 is 1.85 bits per heavy atom. The number of amides is 1. The molecule has 6 heteroatoms. The maximum atomic E-state index is 13.2. The summed E-state index contributed by atoms with van der Waals surface area (Å²) in [6, 6.07) is 9.58. The minimum Gasteiger partial charge on any atom is -0.481 e. The topological polar surface area (TPSA) is 75.4 Å². The van der Waals surface area contributed by atoms with E-state index in [9.17, 15) is 14.7 Å². The van der Waals surface area contributed by atoms with Gasteiger partial charge in [-0.2, -0.15) is 5.10 Å². The van der Waals surface area contributed by atoms with Crippen LogP contribution in [0.25, 0.3) is 0 Å². The van der Waals surface area contributed by atoms with Gasteiger partial charge in [0.05, 0.1) is 28.9 Å². The second-order valence-electron chi connectivity index (χ2n) is 8.11. The van der Waals surface area contributed by atoms with E-state index < -0.39 is 11.9 Å². The van der Waals surface area contributed by atoms with Crippen molar-refractivity contribution in [2.24, 2.45) is 5.92 Å². The Kier molecular flexibility index (Phi) is 5.09. The Labute approximate surface area is 159 Å². The van der Waals surface area contributed by atoms with Gasteiger partial charge in [0, 0.05) is 19.0 Å². The monoisotopic (exact) mass is 369 g/mol. The first-order valence-electron chi connectivity index (χ1n) is 9.38. The Morgan fingerprint density at radius 1 is 1.19 bits per heavy atom. The standard InChI is InChI=1S/C21H27N3O3/c1-5-18-15(11-22-24(18)21(2,3)4)19(25)23-12-16(17(13-23)20(26)27)14-9-7-6-8-10-14/h6-11,16-17H,5,12-13H2,1-4H3,(H,26,27). The van der Waals surface area contributed by atoms with Crippen LogP contribution in [0.4, 0.5) is 0 Å². The molecule has 144 valence electrons. The molecule has 1 aromatic heterocycles. The van der Waals surface area contributed by atoms with Gasteiger partial charge in [0.15, 0.2) is 0 Å². The lowest BCUT2D eigenvalue weighted by molar-refractivity contribution is -0.141. The zero-order valence-corrected chi connectivity index (χ0v) is 16.3. The zero-order chi connectivity index (χ0) is 19.8. The summed E-state index contributed by atoms with van der Waals surface area (Å²) in [6.45, 7) is 8.79. The lowest BCUT2D eigenvalue weighted by Crippen LogP contribution is -2.31. The highest BCUT2D eigenvalue weighted by Crippen LogP contribution is 2.34. The fourth-order valence-corrected chi connectivity index (χ4v) is 3.90. The lowest BCUT2D eigenvalue weighted by atomic mass is 9.89. The molecule has 1 aliphatic heterocycles. The summed E-state index contributed by atoms with van der Waals surface area (Å²) in [6.07, 6.45) is 2.31. The minimum absolute atomic E-state index is 0.132. The Bertz CT molecular complexity index is 836. The summed E-state index contributed by atoms with van der Waals surface area (Å²) in [5.74, 6) is -1.79. The number of likely N-dealkylation sites (tertiary alicyclic amines) is 1. The predicted octanol–water partition coefficient (Wildman–Crippen LogP) is 3.14. The fourth-order valence-electron chi connectivity index (χ4n) is 3.90. The summed E-state index contributed by atoms with van der Waals surface area (Å²) < 4.78 is 1.89. The van der Waals surface area contributed by atoms with Crippen LogP contribution in [-0.4, -0.2) is 44.8 Å². The van der Waals surface area contributed by atoms with Crippen LogP contribution in [0.5, 0.6) is 0 Å². The van der Waals surface area contributed by atoms with Crippen molar-refractivity contribution in [1.82, 2.24) is 14.7 Å². The number of nitrogens with zero attached hydrogens (tertiary/aromatic N) is 3. The van der Waals surface area contributed by atoms with Gasteiger partial charge in [0.2, 0.25) is 0 Å². The van der Waals surface area contributed by atoms with Crippen LogP contribution >= 0.6 is 0 Å². The average Bonchev–Trinajstić information content (AvgIpc) is 3.26. The summed E-state index contributed by atoms with van der Waals surface area (Å²) in [4.78, 5) is 26.7. The van der Waals surface area contributed by atoms with Gasteiger partial charge in [0.25, 0.3) is 5.91 Å². The summed E-state index contributed by atoms with van der Waals surface area (Å²) in [5.41, 5.74) is 2.21. The maximum absolute atomic E-state index is 13.2. The number of hydrogen-bond acceptors (Lipinski definition) is 3. The number of carbonyl (C=O) groups is 2. The van der Waals surface area contributed by atoms with Gasteiger partial charge < -0.3 is 10.0 Å². The van der Waals surface area contributed by atoms with Crippen molar-refractivity contribution >= 4 is 11.9 Å². The number of aromatic nitrogens is 2. The van der Waals surface area contributed by atoms with Crippen LogP contribution in [0.1, 0.15) is 55.2 Å². The Morgan fingerprint density at radius 3 is 2.41 bits per heavy atom. The quantitative estimate of drug-likeness (QED) is 0.898. The number of carbonyl (C=O) groups excluding carboxylic acids is 1. The molecule has 0 bridgehead atoms. The zero-order valence-electron chi connectivity index (χ0n) is 16.3. The number of hydrogen-bond donors (Lipinski definition) is 1. The van der Waals surface area contributed by atoms with E-state index in [0.29, 0.717) is 18.5 Å². The average molecular weight is 369 g/mol. The van der Waals surface area contributed by atoms with E-state index >= 15 is 0 Å². The van der Waals surface area contributed by atoms with Gasteiger partial charge in [-0.15, -0.1) is 0 Å². The maximum Gasteiger partial charge on any atom is 0.308 e. The minimum atomic E-state index is -0.861. The van der Waals surface area contributed by atoms with Crippen LogP contribution in [-0.2, 0) is 16.8 Å². The van der Waals surface area contributed by atoms with Gasteiger partial charge in [-0.25, -0.2) is 0 Å². The van der Waals surface area contributed by atoms with Crippen molar-refractivity contribution < 1.29 is 14.7 Å². The first-order chi connectivity index (χ1) is 12.7. The van der Waals surface area contributed by atoms with Gasteiger partial charge >= 0.3 is 5.97 Å². The summed E-state index contributed by atoms with van der Waals surface area (Å²) in [5, 5.41) is 14.1. The van der Waals surface area contributed by atoms with Crippen molar-refractivity contribution in [2.45, 2.75) is 45.6 Å². The highest BCUT2D eigenvalue weighted by molar-refractivity contribution is 5.96. The molecule has 1 amide bonds. The van der Waals surface area contributed by atoms with Gasteiger partial charge in [-0.3, -0.25) is 14.3 Å². The molecule has 1 saturated heterocycles. The number of rotatable bonds is 4. The van der Waals surface area contributed by atoms with E-state index in [4.69, 9.17) is 0 Å². The molecular formula is C21H27N3O3. The van der Waals surface area contributed by atoms with Crippen molar-refractivity contribution in [3.63, 3.8) is 0 Å². The van der Waals surface area contributed by atoms with Crippen LogP contribution < -0.4 is 0 Å². The molecule has 2 unspecified atom stereocenters. The molecule has 0 aliphatic carbocycles. The third kappa shape index (κ3) is 3.61. The first kappa shape index (κ1) is 19.1. The molecule has 27 heavy (non-hydrogen) atoms. The number of aliphatic carboxylic acids is 1. The third-order valence-corrected chi connectivity index (χ3v) is 5.22. The normalized spacial score (nSPS) is 20.1. The van der Waals surface area contributed by atoms with Gasteiger partial charge in [0.1, 0.15) is 0 Å². The molecule has 1 aromatic carbocycles. The number of carboxylic acid groups (broad SMARTS) is 1. The second kappa shape index (κ2) is 7.18. The van der Waals surface area contributed by atoms with E-state index in [1.165, 1.54) is 0 Å². The molecule has 2 atom stereocenters. The molecule has 2 aromatic rings. The molecule has 0 spiro atoms. The van der Waals surface area contributed by atoms with E-state index in [2.05, 4.69) is 25.9 Å². The predicted molar refractivity (Wildman–Crippen MR) is 103 cm³/mol. The van der Waals surface area contributed by atoms with E-state index in [1.807, 2.05) is 41.9 Å². The molecular weight excluding hydrogens is 342 g/mol. The van der Waals surface area contributed by atoms with Crippen LogP contribution in [0, 0.1) is 5.92 Å². The smallest absolute Gasteiger partial charge is 0.308 e. The lowest BCUT2D eigenvalue weighted by Gasteiger charge is -2.23. The summed E-state index contributed by atoms with van der Waals surface area (Å²) >= 11 is 0. The highest BCUT2D eigenvalue weighted by atomic mass is 16.4. The van der Waals surface area contributed by atoms with Crippen molar-refractivity contribution in [2.75, 3.05) is 13.1 Å². The van der Waals surface area contributed by atoms with E-state index in [0.717, 1.165) is 11.3 Å². The SMILES string of the molecule is CCc1c(C(=O)N2CC(C(=O)O)C(c3ccccc3)C2)cnn1C(C)(C)C. The molecule has 1 fully saturated rings. The number of carboxylic acids is 1. The van der Waals surface area contributed by atoms with Gasteiger partial charge in [-0.1, -0.05) is 37.3 Å². The highest BCUT2D eigenvalue weighted by Gasteiger charge is 2.41. The second-order valence-corrected chi connectivity index (χ2v) is 8.11. The number of benzene rings is 1. The van der Waals surface area contributed by atoms with Crippen molar-refractivity contribution in [1.29, 1.82) is 0 Å². The largest absolute Gasteiger partial charge is 0.481 e. The third-order valence-electron chi connectivity index (χ3n) is 5.22. The van der Waals surface area contributed by atoms with Crippen LogP contribution in [0.3, 0.4) is 0 Å². The van der Waals surface area contributed by atoms with Crippen molar-refractivity contribution in [3.05, 3.63) is 53.3 Å². The molecule has 2 heterocycles. The molecule has 1 aliphatic rings. The van der Waals surface area contributed by atoms with Crippen LogP contribution in [0.15, 0.2) is 36.5 Å². The molecule has 0 saturated carbocycles. The van der Waals surface area contributed by atoms with Crippen LogP contribution in [0.2, 0.25) is 0 Å². The molecule has 6 nitrogen and oxygen atoms in total.